The summed E-state index contributed by atoms with van der Waals surface area (Å²) in [6.45, 7) is 0. The van der Waals surface area contributed by atoms with E-state index < -0.39 is 0 Å². The van der Waals surface area contributed by atoms with Gasteiger partial charge >= 0.3 is 0 Å². The van der Waals surface area contributed by atoms with Crippen molar-refractivity contribution in [3.8, 4) is 22.1 Å². The largest absolute Gasteiger partial charge is 0.507 e. The fourth-order valence-electron chi connectivity index (χ4n) is 2.50. The number of benzene rings is 3. The second-order valence-corrected chi connectivity index (χ2v) is 6.54. The fraction of sp³-hybridized carbons (Fsp3) is 0. The van der Waals surface area contributed by atoms with Crippen LogP contribution in [-0.2, 0) is 0 Å². The first-order valence-corrected chi connectivity index (χ1v) is 8.53. The van der Waals surface area contributed by atoms with Crippen LogP contribution in [0.25, 0.3) is 20.8 Å². The number of hydrogen-bond donors (Lipinski definition) is 2. The fourth-order valence-corrected chi connectivity index (χ4v) is 3.46. The number of aromatic nitrogens is 1. The average molecular weight is 346 g/mol. The van der Waals surface area contributed by atoms with Crippen molar-refractivity contribution in [3.63, 3.8) is 0 Å². The molecule has 4 rings (SSSR count). The molecular weight excluding hydrogens is 332 g/mol. The van der Waals surface area contributed by atoms with E-state index in [1.165, 1.54) is 0 Å². The van der Waals surface area contributed by atoms with E-state index in [4.69, 9.17) is 0 Å². The lowest BCUT2D eigenvalue weighted by atomic mass is 10.1. The van der Waals surface area contributed by atoms with Gasteiger partial charge in [-0.25, -0.2) is 4.98 Å². The normalized spacial score (nSPS) is 11.4. The van der Waals surface area contributed by atoms with Crippen LogP contribution in [0.5, 0.6) is 11.5 Å². The molecule has 5 heteroatoms. The molecular formula is C20H14N2O2S. The molecule has 0 amide bonds. The molecule has 0 fully saturated rings. The van der Waals surface area contributed by atoms with Crippen LogP contribution in [0.1, 0.15) is 5.56 Å². The lowest BCUT2D eigenvalue weighted by Crippen LogP contribution is -1.85. The molecule has 2 N–H and O–H groups in total. The van der Waals surface area contributed by atoms with Crippen molar-refractivity contribution in [2.75, 3.05) is 0 Å². The molecule has 0 bridgehead atoms. The number of hydrogen-bond acceptors (Lipinski definition) is 5. The molecule has 4 aromatic rings. The van der Waals surface area contributed by atoms with Crippen molar-refractivity contribution < 1.29 is 10.2 Å². The monoisotopic (exact) mass is 346 g/mol. The molecule has 0 saturated carbocycles. The average Bonchev–Trinajstić information content (AvgIpc) is 3.06. The number of phenolic OH excluding ortho intramolecular Hbond substituents is 2. The van der Waals surface area contributed by atoms with Crippen molar-refractivity contribution in [2.24, 2.45) is 4.99 Å². The Labute approximate surface area is 148 Å². The number of para-hydroxylation sites is 3. The molecule has 1 heterocycles. The van der Waals surface area contributed by atoms with Crippen LogP contribution in [0.15, 0.2) is 71.7 Å². The van der Waals surface area contributed by atoms with Gasteiger partial charge < -0.3 is 10.2 Å². The zero-order valence-electron chi connectivity index (χ0n) is 13.1. The van der Waals surface area contributed by atoms with E-state index in [9.17, 15) is 10.2 Å². The first-order chi connectivity index (χ1) is 12.2. The van der Waals surface area contributed by atoms with Crippen molar-refractivity contribution >= 4 is 33.5 Å². The highest BCUT2D eigenvalue weighted by atomic mass is 32.1. The van der Waals surface area contributed by atoms with Gasteiger partial charge in [0.25, 0.3) is 0 Å². The van der Waals surface area contributed by atoms with Gasteiger partial charge in [0.2, 0.25) is 0 Å². The Balaban J connectivity index is 1.72. The minimum absolute atomic E-state index is 0.0977. The maximum atomic E-state index is 10.1. The van der Waals surface area contributed by atoms with E-state index in [-0.39, 0.29) is 11.5 Å². The summed E-state index contributed by atoms with van der Waals surface area (Å²) in [5.41, 5.74) is 2.89. The number of nitrogens with zero attached hydrogens (tertiary/aromatic N) is 2. The van der Waals surface area contributed by atoms with E-state index in [1.54, 1.807) is 47.9 Å². The Morgan fingerprint density at radius 1 is 0.880 bits per heavy atom. The van der Waals surface area contributed by atoms with Gasteiger partial charge in [0.05, 0.1) is 10.2 Å². The van der Waals surface area contributed by atoms with Crippen LogP contribution < -0.4 is 0 Å². The summed E-state index contributed by atoms with van der Waals surface area (Å²) in [7, 11) is 0. The van der Waals surface area contributed by atoms with Gasteiger partial charge in [-0.15, -0.1) is 11.3 Å². The highest BCUT2D eigenvalue weighted by molar-refractivity contribution is 7.21. The molecule has 0 aliphatic heterocycles. The summed E-state index contributed by atoms with van der Waals surface area (Å²) >= 11 is 1.60. The molecule has 0 aliphatic rings. The van der Waals surface area contributed by atoms with Crippen molar-refractivity contribution in [3.05, 3.63) is 72.3 Å². The van der Waals surface area contributed by atoms with Gasteiger partial charge in [0.15, 0.2) is 0 Å². The molecule has 0 radical (unpaired) electrons. The summed E-state index contributed by atoms with van der Waals surface area (Å²) in [6, 6.07) is 20.1. The van der Waals surface area contributed by atoms with Gasteiger partial charge in [-0.1, -0.05) is 24.3 Å². The number of rotatable bonds is 3. The number of fused-ring (bicyclic) bond motifs is 1. The van der Waals surface area contributed by atoms with E-state index in [0.717, 1.165) is 20.8 Å². The van der Waals surface area contributed by atoms with Crippen molar-refractivity contribution in [1.29, 1.82) is 0 Å². The minimum atomic E-state index is 0.0977. The zero-order chi connectivity index (χ0) is 17.2. The van der Waals surface area contributed by atoms with Crippen LogP contribution in [0.4, 0.5) is 5.69 Å². The predicted octanol–water partition coefficient (Wildman–Crippen LogP) is 5.13. The van der Waals surface area contributed by atoms with Gasteiger partial charge in [-0.05, 0) is 42.5 Å². The maximum Gasteiger partial charge on any atom is 0.141 e. The van der Waals surface area contributed by atoms with E-state index in [0.29, 0.717) is 11.3 Å². The molecule has 0 unspecified atom stereocenters. The molecule has 0 aliphatic carbocycles. The smallest absolute Gasteiger partial charge is 0.141 e. The number of thiazole rings is 1. The molecule has 1 aromatic heterocycles. The Kier molecular flexibility index (Phi) is 3.91. The molecule has 0 saturated heterocycles. The topological polar surface area (TPSA) is 65.7 Å². The Bertz CT molecular complexity index is 1050. The summed E-state index contributed by atoms with van der Waals surface area (Å²) in [5.74, 6) is 0.226. The number of aliphatic imine (C=N–C) groups is 1. The van der Waals surface area contributed by atoms with Crippen LogP contribution >= 0.6 is 11.3 Å². The summed E-state index contributed by atoms with van der Waals surface area (Å²) in [6.07, 6.45) is 1.54. The third kappa shape index (κ3) is 3.09. The van der Waals surface area contributed by atoms with E-state index in [1.807, 2.05) is 36.4 Å². The van der Waals surface area contributed by atoms with Crippen LogP contribution in [0, 0.1) is 0 Å². The highest BCUT2D eigenvalue weighted by Crippen LogP contribution is 2.32. The first-order valence-electron chi connectivity index (χ1n) is 7.72. The van der Waals surface area contributed by atoms with Gasteiger partial charge in [0, 0.05) is 17.3 Å². The Hall–Kier alpha value is -3.18. The molecule has 25 heavy (non-hydrogen) atoms. The highest BCUT2D eigenvalue weighted by Gasteiger charge is 2.08. The second-order valence-electron chi connectivity index (χ2n) is 5.51. The van der Waals surface area contributed by atoms with Gasteiger partial charge in [0.1, 0.15) is 22.2 Å². The van der Waals surface area contributed by atoms with E-state index >= 15 is 0 Å². The third-order valence-electron chi connectivity index (χ3n) is 3.79. The summed E-state index contributed by atoms with van der Waals surface area (Å²) in [5, 5.41) is 20.8. The molecule has 4 nitrogen and oxygen atoms in total. The predicted molar refractivity (Wildman–Crippen MR) is 102 cm³/mol. The summed E-state index contributed by atoms with van der Waals surface area (Å²) < 4.78 is 1.12. The maximum absolute atomic E-state index is 10.1. The second kappa shape index (κ2) is 6.37. The lowest BCUT2D eigenvalue weighted by Gasteiger charge is -2.02. The minimum Gasteiger partial charge on any atom is -0.507 e. The Morgan fingerprint density at radius 2 is 1.68 bits per heavy atom. The van der Waals surface area contributed by atoms with Crippen molar-refractivity contribution in [1.82, 2.24) is 4.98 Å². The Morgan fingerprint density at radius 3 is 2.52 bits per heavy atom. The van der Waals surface area contributed by atoms with Crippen LogP contribution in [0.2, 0.25) is 0 Å². The lowest BCUT2D eigenvalue weighted by molar-refractivity contribution is 0.474. The summed E-state index contributed by atoms with van der Waals surface area (Å²) in [4.78, 5) is 8.90. The molecule has 3 aromatic carbocycles. The van der Waals surface area contributed by atoms with Crippen LogP contribution in [-0.4, -0.2) is 21.4 Å². The van der Waals surface area contributed by atoms with Crippen molar-refractivity contribution in [2.45, 2.75) is 0 Å². The standard InChI is InChI=1S/C20H14N2O2S/c23-17-10-9-13(20-22-16-6-2-4-8-19(16)25-20)11-14(17)12-21-15-5-1-3-7-18(15)24/h1-12,23-24H. The van der Waals surface area contributed by atoms with Crippen LogP contribution in [0.3, 0.4) is 0 Å². The SMILES string of the molecule is Oc1ccc(-c2nc3ccccc3s2)cc1C=Nc1ccccc1O. The zero-order valence-corrected chi connectivity index (χ0v) is 13.9. The van der Waals surface area contributed by atoms with Gasteiger partial charge in [-0.2, -0.15) is 0 Å². The molecule has 122 valence electrons. The van der Waals surface area contributed by atoms with Gasteiger partial charge in [-0.3, -0.25) is 4.99 Å². The molecule has 0 spiro atoms. The third-order valence-corrected chi connectivity index (χ3v) is 4.88. The molecule has 0 atom stereocenters. The van der Waals surface area contributed by atoms with E-state index in [2.05, 4.69) is 9.98 Å². The first kappa shape index (κ1) is 15.4. The number of aromatic hydroxyl groups is 2. The number of phenols is 2. The quantitative estimate of drug-likeness (QED) is 0.506.